The van der Waals surface area contributed by atoms with E-state index in [2.05, 4.69) is 34.4 Å². The van der Waals surface area contributed by atoms with Crippen molar-refractivity contribution in [3.63, 3.8) is 0 Å². The highest BCUT2D eigenvalue weighted by atomic mass is 16.5. The predicted molar refractivity (Wildman–Crippen MR) is 80.7 cm³/mol. The number of hydrogen-bond acceptors (Lipinski definition) is 3. The van der Waals surface area contributed by atoms with Crippen molar-refractivity contribution in [3.05, 3.63) is 0 Å². The van der Waals surface area contributed by atoms with Crippen molar-refractivity contribution < 1.29 is 4.74 Å². The molecular formula is C14H30N4O. The minimum atomic E-state index is 0.604. The molecule has 5 nitrogen and oxygen atoms in total. The minimum absolute atomic E-state index is 0.604. The Morgan fingerprint density at radius 1 is 1.42 bits per heavy atom. The van der Waals surface area contributed by atoms with Crippen molar-refractivity contribution in [1.29, 1.82) is 0 Å². The topological polar surface area (TPSA) is 48.9 Å². The molecule has 0 aromatic heterocycles. The molecule has 0 bridgehead atoms. The third-order valence-electron chi connectivity index (χ3n) is 3.49. The molecule has 19 heavy (non-hydrogen) atoms. The van der Waals surface area contributed by atoms with Crippen LogP contribution in [-0.2, 0) is 4.74 Å². The van der Waals surface area contributed by atoms with Crippen LogP contribution in [0.2, 0.25) is 0 Å². The average molecular weight is 270 g/mol. The van der Waals surface area contributed by atoms with Gasteiger partial charge in [0.25, 0.3) is 0 Å². The molecule has 112 valence electrons. The van der Waals surface area contributed by atoms with Gasteiger partial charge in [0.2, 0.25) is 0 Å². The van der Waals surface area contributed by atoms with Gasteiger partial charge < -0.3 is 15.4 Å². The van der Waals surface area contributed by atoms with Crippen molar-refractivity contribution in [3.8, 4) is 0 Å². The van der Waals surface area contributed by atoms with Crippen LogP contribution in [0.4, 0.5) is 0 Å². The smallest absolute Gasteiger partial charge is 0.191 e. The summed E-state index contributed by atoms with van der Waals surface area (Å²) < 4.78 is 5.17. The highest BCUT2D eigenvalue weighted by Crippen LogP contribution is 2.15. The molecular weight excluding hydrogens is 240 g/mol. The summed E-state index contributed by atoms with van der Waals surface area (Å²) in [6, 6.07) is 0.604. The van der Waals surface area contributed by atoms with Gasteiger partial charge in [-0.05, 0) is 25.3 Å². The largest absolute Gasteiger partial charge is 0.383 e. The lowest BCUT2D eigenvalue weighted by molar-refractivity contribution is 0.141. The molecule has 0 aliphatic carbocycles. The van der Waals surface area contributed by atoms with Gasteiger partial charge in [0.05, 0.1) is 6.61 Å². The lowest BCUT2D eigenvalue weighted by Gasteiger charge is -2.25. The first-order valence-electron chi connectivity index (χ1n) is 7.34. The van der Waals surface area contributed by atoms with Gasteiger partial charge in [-0.15, -0.1) is 0 Å². The molecule has 0 amide bonds. The number of aliphatic imine (C=N–C) groups is 1. The van der Waals surface area contributed by atoms with Gasteiger partial charge in [0.1, 0.15) is 0 Å². The minimum Gasteiger partial charge on any atom is -0.383 e. The number of hydrogen-bond donors (Lipinski definition) is 2. The summed E-state index contributed by atoms with van der Waals surface area (Å²) in [5.74, 6) is 1.54. The van der Waals surface area contributed by atoms with Gasteiger partial charge >= 0.3 is 0 Å². The third-order valence-corrected chi connectivity index (χ3v) is 3.49. The number of rotatable bonds is 7. The van der Waals surface area contributed by atoms with Crippen LogP contribution in [-0.4, -0.2) is 63.8 Å². The summed E-state index contributed by atoms with van der Waals surface area (Å²) in [6.07, 6.45) is 2.55. The van der Waals surface area contributed by atoms with Crippen molar-refractivity contribution in [2.45, 2.75) is 32.7 Å². The number of nitrogens with zero attached hydrogens (tertiary/aromatic N) is 2. The van der Waals surface area contributed by atoms with Crippen LogP contribution in [0.3, 0.4) is 0 Å². The molecule has 1 fully saturated rings. The molecule has 5 heteroatoms. The molecule has 1 aliphatic heterocycles. The van der Waals surface area contributed by atoms with E-state index in [-0.39, 0.29) is 0 Å². The van der Waals surface area contributed by atoms with Crippen LogP contribution in [0.15, 0.2) is 4.99 Å². The number of guanidine groups is 1. The van der Waals surface area contributed by atoms with Crippen molar-refractivity contribution in [2.75, 3.05) is 46.9 Å². The van der Waals surface area contributed by atoms with E-state index < -0.39 is 0 Å². The van der Waals surface area contributed by atoms with E-state index in [0.717, 1.165) is 32.2 Å². The summed E-state index contributed by atoms with van der Waals surface area (Å²) >= 11 is 0. The summed E-state index contributed by atoms with van der Waals surface area (Å²) in [7, 11) is 3.59. The van der Waals surface area contributed by atoms with Crippen LogP contribution in [0, 0.1) is 5.92 Å². The SMILES string of the molecule is CN=C(NCC(C)C)NCC1CCCN1CCOC. The Bertz CT molecular complexity index is 268. The Morgan fingerprint density at radius 2 is 2.21 bits per heavy atom. The highest BCUT2D eigenvalue weighted by molar-refractivity contribution is 5.79. The lowest BCUT2D eigenvalue weighted by atomic mass is 10.2. The Kier molecular flexibility index (Phi) is 7.82. The Hall–Kier alpha value is -0.810. The van der Waals surface area contributed by atoms with E-state index in [4.69, 9.17) is 4.74 Å². The second-order valence-corrected chi connectivity index (χ2v) is 5.55. The Balaban J connectivity index is 2.29. The van der Waals surface area contributed by atoms with Crippen LogP contribution < -0.4 is 10.6 Å². The molecule has 1 heterocycles. The molecule has 1 rings (SSSR count). The van der Waals surface area contributed by atoms with Gasteiger partial charge in [-0.25, -0.2) is 0 Å². The molecule has 1 unspecified atom stereocenters. The maximum absolute atomic E-state index is 5.17. The first-order chi connectivity index (χ1) is 9.17. The van der Waals surface area contributed by atoms with E-state index in [1.807, 2.05) is 7.05 Å². The van der Waals surface area contributed by atoms with E-state index in [1.54, 1.807) is 7.11 Å². The van der Waals surface area contributed by atoms with E-state index >= 15 is 0 Å². The van der Waals surface area contributed by atoms with Gasteiger partial charge in [0.15, 0.2) is 5.96 Å². The summed E-state index contributed by atoms with van der Waals surface area (Å²) in [5, 5.41) is 6.78. The molecule has 1 saturated heterocycles. The zero-order valence-corrected chi connectivity index (χ0v) is 12.9. The molecule has 0 aromatic carbocycles. The first kappa shape index (κ1) is 16.2. The number of nitrogens with one attached hydrogen (secondary N) is 2. The standard InChI is InChI=1S/C14H30N4O/c1-12(2)10-16-14(15-3)17-11-13-6-5-7-18(13)8-9-19-4/h12-13H,5-11H2,1-4H3,(H2,15,16,17). The van der Waals surface area contributed by atoms with E-state index in [0.29, 0.717) is 12.0 Å². The molecule has 0 spiro atoms. The van der Waals surface area contributed by atoms with Crippen LogP contribution >= 0.6 is 0 Å². The maximum Gasteiger partial charge on any atom is 0.191 e. The maximum atomic E-state index is 5.17. The number of likely N-dealkylation sites (tertiary alicyclic amines) is 1. The Labute approximate surface area is 117 Å². The number of methoxy groups -OCH3 is 1. The summed E-state index contributed by atoms with van der Waals surface area (Å²) in [6.45, 7) is 9.35. The van der Waals surface area contributed by atoms with Crippen molar-refractivity contribution in [1.82, 2.24) is 15.5 Å². The lowest BCUT2D eigenvalue weighted by Crippen LogP contribution is -2.46. The quantitative estimate of drug-likeness (QED) is 0.533. The number of ether oxygens (including phenoxy) is 1. The van der Waals surface area contributed by atoms with E-state index in [1.165, 1.54) is 19.4 Å². The fourth-order valence-corrected chi connectivity index (χ4v) is 2.37. The van der Waals surface area contributed by atoms with Crippen LogP contribution in [0.1, 0.15) is 26.7 Å². The van der Waals surface area contributed by atoms with Gasteiger partial charge in [-0.2, -0.15) is 0 Å². The van der Waals surface area contributed by atoms with Gasteiger partial charge in [-0.3, -0.25) is 9.89 Å². The van der Waals surface area contributed by atoms with Gasteiger partial charge in [-0.1, -0.05) is 13.8 Å². The third kappa shape index (κ3) is 6.25. The monoisotopic (exact) mass is 270 g/mol. The van der Waals surface area contributed by atoms with Crippen molar-refractivity contribution >= 4 is 5.96 Å². The van der Waals surface area contributed by atoms with Crippen molar-refractivity contribution in [2.24, 2.45) is 10.9 Å². The molecule has 1 aliphatic rings. The first-order valence-corrected chi connectivity index (χ1v) is 7.34. The second kappa shape index (κ2) is 9.15. The second-order valence-electron chi connectivity index (χ2n) is 5.55. The van der Waals surface area contributed by atoms with E-state index in [9.17, 15) is 0 Å². The van der Waals surface area contributed by atoms with Crippen LogP contribution in [0.25, 0.3) is 0 Å². The Morgan fingerprint density at radius 3 is 2.84 bits per heavy atom. The summed E-state index contributed by atoms with van der Waals surface area (Å²) in [5.41, 5.74) is 0. The average Bonchev–Trinajstić information content (AvgIpc) is 2.83. The predicted octanol–water partition coefficient (Wildman–Crippen LogP) is 0.918. The zero-order valence-electron chi connectivity index (χ0n) is 12.9. The molecule has 0 radical (unpaired) electrons. The highest BCUT2D eigenvalue weighted by Gasteiger charge is 2.23. The molecule has 1 atom stereocenters. The zero-order chi connectivity index (χ0) is 14.1. The molecule has 2 N–H and O–H groups in total. The fraction of sp³-hybridized carbons (Fsp3) is 0.929. The molecule has 0 aromatic rings. The summed E-state index contributed by atoms with van der Waals surface area (Å²) in [4.78, 5) is 6.77. The fourth-order valence-electron chi connectivity index (χ4n) is 2.37. The molecule has 0 saturated carbocycles. The normalized spacial score (nSPS) is 21.1. The van der Waals surface area contributed by atoms with Crippen LogP contribution in [0.5, 0.6) is 0 Å². The van der Waals surface area contributed by atoms with Gasteiger partial charge in [0, 0.05) is 39.8 Å².